The first kappa shape index (κ1) is 11.3. The molecule has 0 saturated carbocycles. The van der Waals surface area contributed by atoms with E-state index < -0.39 is 0 Å². The smallest absolute Gasteiger partial charge is 0.0223 e. The maximum Gasteiger partial charge on any atom is 0.0223 e. The highest BCUT2D eigenvalue weighted by atomic mass is 35.5. The van der Waals surface area contributed by atoms with Crippen molar-refractivity contribution >= 4 is 17.7 Å². The van der Waals surface area contributed by atoms with Gasteiger partial charge in [-0.2, -0.15) is 0 Å². The predicted molar refractivity (Wildman–Crippen MR) is 64.7 cm³/mol. The second-order valence-corrected chi connectivity index (χ2v) is 3.73. The van der Waals surface area contributed by atoms with Gasteiger partial charge in [-0.05, 0) is 24.8 Å². The van der Waals surface area contributed by atoms with Gasteiger partial charge in [-0.15, -0.1) is 11.6 Å². The van der Waals surface area contributed by atoms with Gasteiger partial charge in [0, 0.05) is 5.88 Å². The van der Waals surface area contributed by atoms with Crippen molar-refractivity contribution in [3.05, 3.63) is 42.0 Å². The normalized spacial score (nSPS) is 10.9. The molecule has 0 radical (unpaired) electrons. The summed E-state index contributed by atoms with van der Waals surface area (Å²) >= 11 is 5.59. The summed E-state index contributed by atoms with van der Waals surface area (Å²) < 4.78 is 0. The summed E-state index contributed by atoms with van der Waals surface area (Å²) in [5.41, 5.74) is 1.28. The van der Waals surface area contributed by atoms with E-state index in [0.717, 1.165) is 18.7 Å². The maximum atomic E-state index is 5.59. The van der Waals surface area contributed by atoms with Crippen LogP contribution in [0.15, 0.2) is 36.4 Å². The first-order valence-electron chi connectivity index (χ1n) is 5.21. The highest BCUT2D eigenvalue weighted by Crippen LogP contribution is 2.05. The van der Waals surface area contributed by atoms with E-state index in [0.29, 0.717) is 0 Å². The summed E-state index contributed by atoms with van der Waals surface area (Å²) in [5.74, 6) is 0.794. The van der Waals surface area contributed by atoms with E-state index in [1.165, 1.54) is 18.4 Å². The van der Waals surface area contributed by atoms with Crippen LogP contribution in [-0.2, 0) is 0 Å². The lowest BCUT2D eigenvalue weighted by atomic mass is 10.1. The van der Waals surface area contributed by atoms with Gasteiger partial charge >= 0.3 is 0 Å². The van der Waals surface area contributed by atoms with Crippen molar-refractivity contribution in [2.45, 2.75) is 25.7 Å². The minimum atomic E-state index is 0.794. The number of hydrogen-bond donors (Lipinski definition) is 0. The fourth-order valence-corrected chi connectivity index (χ4v) is 1.51. The maximum absolute atomic E-state index is 5.59. The summed E-state index contributed by atoms with van der Waals surface area (Å²) in [6.07, 6.45) is 9.20. The molecule has 0 bridgehead atoms. The van der Waals surface area contributed by atoms with Crippen LogP contribution in [0, 0.1) is 0 Å². The molecule has 0 atom stereocenters. The van der Waals surface area contributed by atoms with E-state index in [4.69, 9.17) is 11.6 Å². The van der Waals surface area contributed by atoms with Crippen LogP contribution >= 0.6 is 11.6 Å². The van der Waals surface area contributed by atoms with Gasteiger partial charge in [-0.1, -0.05) is 48.9 Å². The molecule has 0 aliphatic heterocycles. The number of allylic oxidation sites excluding steroid dienone is 1. The lowest BCUT2D eigenvalue weighted by Gasteiger charge is -1.94. The molecule has 0 N–H and O–H groups in total. The molecule has 0 heterocycles. The third kappa shape index (κ3) is 5.08. The third-order valence-corrected chi connectivity index (χ3v) is 2.38. The number of rotatable bonds is 6. The quantitative estimate of drug-likeness (QED) is 0.477. The van der Waals surface area contributed by atoms with E-state index in [9.17, 15) is 0 Å². The number of halogens is 1. The molecule has 1 heteroatoms. The summed E-state index contributed by atoms with van der Waals surface area (Å²) in [4.78, 5) is 0. The highest BCUT2D eigenvalue weighted by Gasteiger charge is 1.86. The Morgan fingerprint density at radius 1 is 1.00 bits per heavy atom. The number of benzene rings is 1. The molecule has 1 aromatic rings. The molecule has 14 heavy (non-hydrogen) atoms. The van der Waals surface area contributed by atoms with Crippen molar-refractivity contribution < 1.29 is 0 Å². The van der Waals surface area contributed by atoms with Gasteiger partial charge in [-0.25, -0.2) is 0 Å². The minimum Gasteiger partial charge on any atom is -0.127 e. The van der Waals surface area contributed by atoms with Gasteiger partial charge in [0.2, 0.25) is 0 Å². The fraction of sp³-hybridized carbons (Fsp3) is 0.385. The number of hydrogen-bond acceptors (Lipinski definition) is 0. The van der Waals surface area contributed by atoms with Crippen molar-refractivity contribution in [2.75, 3.05) is 5.88 Å². The molecule has 0 aromatic heterocycles. The first-order chi connectivity index (χ1) is 6.93. The van der Waals surface area contributed by atoms with Gasteiger partial charge in [0.15, 0.2) is 0 Å². The van der Waals surface area contributed by atoms with Crippen LogP contribution in [0.1, 0.15) is 31.2 Å². The average molecular weight is 209 g/mol. The third-order valence-electron chi connectivity index (χ3n) is 2.11. The van der Waals surface area contributed by atoms with Crippen molar-refractivity contribution in [1.82, 2.24) is 0 Å². The molecule has 1 rings (SSSR count). The SMILES string of the molecule is ClCCCCCC=Cc1ccccc1. The Hall–Kier alpha value is -0.750. The van der Waals surface area contributed by atoms with Crippen LogP contribution in [0.3, 0.4) is 0 Å². The Kier molecular flexibility index (Phi) is 6.18. The second-order valence-electron chi connectivity index (χ2n) is 3.35. The minimum absolute atomic E-state index is 0.794. The Morgan fingerprint density at radius 3 is 2.50 bits per heavy atom. The zero-order valence-electron chi connectivity index (χ0n) is 8.45. The Morgan fingerprint density at radius 2 is 1.79 bits per heavy atom. The Balaban J connectivity index is 2.15. The lowest BCUT2D eigenvalue weighted by Crippen LogP contribution is -1.76. The molecule has 0 fully saturated rings. The zero-order chi connectivity index (χ0) is 10.1. The van der Waals surface area contributed by atoms with Crippen LogP contribution in [-0.4, -0.2) is 5.88 Å². The average Bonchev–Trinajstić information content (AvgIpc) is 2.25. The molecule has 0 spiro atoms. The predicted octanol–water partition coefficient (Wildman–Crippen LogP) is 4.50. The van der Waals surface area contributed by atoms with Gasteiger partial charge in [0.05, 0.1) is 0 Å². The standard InChI is InChI=1S/C13H17Cl/c14-12-8-3-1-2-5-9-13-10-6-4-7-11-13/h4-7,9-11H,1-3,8,12H2. The summed E-state index contributed by atoms with van der Waals surface area (Å²) in [7, 11) is 0. The van der Waals surface area contributed by atoms with E-state index in [-0.39, 0.29) is 0 Å². The molecule has 76 valence electrons. The van der Waals surface area contributed by atoms with Crippen LogP contribution in [0.25, 0.3) is 6.08 Å². The van der Waals surface area contributed by atoms with E-state index in [1.54, 1.807) is 0 Å². The van der Waals surface area contributed by atoms with E-state index in [2.05, 4.69) is 36.4 Å². The molecule has 1 aromatic carbocycles. The summed E-state index contributed by atoms with van der Waals surface area (Å²) in [6.45, 7) is 0. The van der Waals surface area contributed by atoms with Gasteiger partial charge < -0.3 is 0 Å². The van der Waals surface area contributed by atoms with Crippen LogP contribution in [0.2, 0.25) is 0 Å². The van der Waals surface area contributed by atoms with Gasteiger partial charge in [0.25, 0.3) is 0 Å². The monoisotopic (exact) mass is 208 g/mol. The summed E-state index contributed by atoms with van der Waals surface area (Å²) in [6, 6.07) is 10.4. The van der Waals surface area contributed by atoms with E-state index >= 15 is 0 Å². The molecule has 0 amide bonds. The van der Waals surface area contributed by atoms with Crippen LogP contribution in [0.4, 0.5) is 0 Å². The Bertz CT molecular complexity index is 251. The number of unbranched alkanes of at least 4 members (excludes halogenated alkanes) is 3. The zero-order valence-corrected chi connectivity index (χ0v) is 9.21. The molecule has 0 aliphatic rings. The highest BCUT2D eigenvalue weighted by molar-refractivity contribution is 6.17. The molecular weight excluding hydrogens is 192 g/mol. The number of alkyl halides is 1. The van der Waals surface area contributed by atoms with Crippen LogP contribution in [0.5, 0.6) is 0 Å². The van der Waals surface area contributed by atoms with Gasteiger partial charge in [0.1, 0.15) is 0 Å². The van der Waals surface area contributed by atoms with Crippen molar-refractivity contribution in [2.24, 2.45) is 0 Å². The second kappa shape index (κ2) is 7.64. The topological polar surface area (TPSA) is 0 Å². The van der Waals surface area contributed by atoms with Crippen LogP contribution < -0.4 is 0 Å². The molecule has 0 nitrogen and oxygen atoms in total. The van der Waals surface area contributed by atoms with Crippen molar-refractivity contribution in [1.29, 1.82) is 0 Å². The molecular formula is C13H17Cl. The van der Waals surface area contributed by atoms with Crippen molar-refractivity contribution in [3.8, 4) is 0 Å². The summed E-state index contributed by atoms with van der Waals surface area (Å²) in [5, 5.41) is 0. The van der Waals surface area contributed by atoms with Gasteiger partial charge in [-0.3, -0.25) is 0 Å². The first-order valence-corrected chi connectivity index (χ1v) is 5.74. The molecule has 0 saturated heterocycles. The Labute approximate surface area is 91.6 Å². The largest absolute Gasteiger partial charge is 0.127 e. The van der Waals surface area contributed by atoms with E-state index in [1.807, 2.05) is 6.07 Å². The fourth-order valence-electron chi connectivity index (χ4n) is 1.32. The molecule has 0 unspecified atom stereocenters. The molecule has 0 aliphatic carbocycles. The van der Waals surface area contributed by atoms with Crippen molar-refractivity contribution in [3.63, 3.8) is 0 Å². The lowest BCUT2D eigenvalue weighted by molar-refractivity contribution is 0.734.